The van der Waals surface area contributed by atoms with E-state index >= 15 is 0 Å². The lowest BCUT2D eigenvalue weighted by atomic mass is 9.89. The van der Waals surface area contributed by atoms with Gasteiger partial charge in [-0.15, -0.1) is 0 Å². The van der Waals surface area contributed by atoms with Gasteiger partial charge in [-0.25, -0.2) is 8.78 Å². The molecule has 1 N–H and O–H groups in total. The molecule has 0 aromatic rings. The van der Waals surface area contributed by atoms with E-state index in [9.17, 15) is 8.78 Å². The molecule has 15 heavy (non-hydrogen) atoms. The Hall–Kier alpha value is -0.220. The molecule has 1 rings (SSSR count). The zero-order valence-corrected chi connectivity index (χ0v) is 9.18. The second kappa shape index (κ2) is 7.99. The lowest BCUT2D eigenvalue weighted by Gasteiger charge is -2.21. The molecular formula is C11H21F2NO. The third-order valence-electron chi connectivity index (χ3n) is 2.82. The van der Waals surface area contributed by atoms with Crippen LogP contribution in [0.2, 0.25) is 0 Å². The molecule has 2 nitrogen and oxygen atoms in total. The third kappa shape index (κ3) is 6.79. The summed E-state index contributed by atoms with van der Waals surface area (Å²) in [6.07, 6.45) is 4.33. The predicted octanol–water partition coefficient (Wildman–Crippen LogP) is 2.44. The van der Waals surface area contributed by atoms with Gasteiger partial charge in [0.25, 0.3) is 6.43 Å². The average Bonchev–Trinajstić information content (AvgIpc) is 2.24. The summed E-state index contributed by atoms with van der Waals surface area (Å²) in [5.41, 5.74) is 0. The highest BCUT2D eigenvalue weighted by Gasteiger charge is 2.12. The van der Waals surface area contributed by atoms with E-state index in [0.29, 0.717) is 13.2 Å². The normalized spacial score (nSPS) is 18.6. The van der Waals surface area contributed by atoms with Crippen LogP contribution in [0.25, 0.3) is 0 Å². The van der Waals surface area contributed by atoms with Crippen LogP contribution in [-0.4, -0.2) is 32.7 Å². The standard InChI is InChI=1S/C11H21F2NO/c12-11(13)9-15-7-6-14-8-10-4-2-1-3-5-10/h10-11,14H,1-9H2. The zero-order chi connectivity index (χ0) is 10.9. The Bertz CT molecular complexity index is 150. The van der Waals surface area contributed by atoms with Crippen LogP contribution in [0.1, 0.15) is 32.1 Å². The highest BCUT2D eigenvalue weighted by Crippen LogP contribution is 2.22. The molecule has 0 heterocycles. The molecule has 1 saturated carbocycles. The number of rotatable bonds is 7. The van der Waals surface area contributed by atoms with Crippen molar-refractivity contribution in [1.29, 1.82) is 0 Å². The fourth-order valence-corrected chi connectivity index (χ4v) is 2.01. The maximum Gasteiger partial charge on any atom is 0.261 e. The van der Waals surface area contributed by atoms with Crippen molar-refractivity contribution in [3.05, 3.63) is 0 Å². The molecule has 0 saturated heterocycles. The molecule has 0 aromatic carbocycles. The summed E-state index contributed by atoms with van der Waals surface area (Å²) in [5, 5.41) is 3.26. The minimum Gasteiger partial charge on any atom is -0.374 e. The van der Waals surface area contributed by atoms with E-state index in [-0.39, 0.29) is 0 Å². The predicted molar refractivity (Wildman–Crippen MR) is 56.3 cm³/mol. The molecule has 0 aromatic heterocycles. The van der Waals surface area contributed by atoms with Crippen molar-refractivity contribution in [3.63, 3.8) is 0 Å². The van der Waals surface area contributed by atoms with Crippen molar-refractivity contribution in [2.24, 2.45) is 5.92 Å². The fraction of sp³-hybridized carbons (Fsp3) is 1.00. The maximum absolute atomic E-state index is 11.7. The molecule has 0 amide bonds. The molecule has 90 valence electrons. The first-order chi connectivity index (χ1) is 7.29. The summed E-state index contributed by atoms with van der Waals surface area (Å²) in [7, 11) is 0. The number of nitrogens with one attached hydrogen (secondary N) is 1. The van der Waals surface area contributed by atoms with Crippen LogP contribution < -0.4 is 5.32 Å². The maximum atomic E-state index is 11.7. The quantitative estimate of drug-likeness (QED) is 0.667. The first-order valence-corrected chi connectivity index (χ1v) is 5.85. The van der Waals surface area contributed by atoms with Gasteiger partial charge in [-0.2, -0.15) is 0 Å². The Morgan fingerprint density at radius 2 is 1.93 bits per heavy atom. The lowest BCUT2D eigenvalue weighted by Crippen LogP contribution is -2.28. The van der Waals surface area contributed by atoms with E-state index in [2.05, 4.69) is 5.32 Å². The van der Waals surface area contributed by atoms with Gasteiger partial charge in [0.2, 0.25) is 0 Å². The highest BCUT2D eigenvalue weighted by atomic mass is 19.3. The molecule has 0 atom stereocenters. The minimum atomic E-state index is -2.34. The van der Waals surface area contributed by atoms with Crippen LogP contribution >= 0.6 is 0 Å². The summed E-state index contributed by atoms with van der Waals surface area (Å²) >= 11 is 0. The summed E-state index contributed by atoms with van der Waals surface area (Å²) in [6, 6.07) is 0. The average molecular weight is 221 g/mol. The molecular weight excluding hydrogens is 200 g/mol. The number of halogens is 2. The Labute approximate surface area is 90.4 Å². The number of hydrogen-bond acceptors (Lipinski definition) is 2. The molecule has 1 aliphatic carbocycles. The first-order valence-electron chi connectivity index (χ1n) is 5.85. The molecule has 0 aliphatic heterocycles. The Kier molecular flexibility index (Phi) is 6.85. The zero-order valence-electron chi connectivity index (χ0n) is 9.18. The van der Waals surface area contributed by atoms with E-state index in [0.717, 1.165) is 12.5 Å². The monoisotopic (exact) mass is 221 g/mol. The van der Waals surface area contributed by atoms with E-state index in [1.54, 1.807) is 0 Å². The van der Waals surface area contributed by atoms with Gasteiger partial charge < -0.3 is 10.1 Å². The van der Waals surface area contributed by atoms with E-state index in [4.69, 9.17) is 4.74 Å². The van der Waals surface area contributed by atoms with Crippen LogP contribution in [0.5, 0.6) is 0 Å². The first kappa shape index (κ1) is 12.8. The summed E-state index contributed by atoms with van der Waals surface area (Å²) in [4.78, 5) is 0. The molecule has 1 fully saturated rings. The van der Waals surface area contributed by atoms with Crippen LogP contribution in [-0.2, 0) is 4.74 Å². The molecule has 0 radical (unpaired) electrons. The van der Waals surface area contributed by atoms with Crippen LogP contribution in [0, 0.1) is 5.92 Å². The van der Waals surface area contributed by atoms with Gasteiger partial charge in [0.15, 0.2) is 0 Å². The van der Waals surface area contributed by atoms with Crippen molar-refractivity contribution in [1.82, 2.24) is 5.32 Å². The van der Waals surface area contributed by atoms with E-state index < -0.39 is 13.0 Å². The smallest absolute Gasteiger partial charge is 0.261 e. The van der Waals surface area contributed by atoms with E-state index in [1.165, 1.54) is 32.1 Å². The van der Waals surface area contributed by atoms with Crippen LogP contribution in [0.3, 0.4) is 0 Å². The largest absolute Gasteiger partial charge is 0.374 e. The summed E-state index contributed by atoms with van der Waals surface area (Å²) in [6.45, 7) is 1.64. The van der Waals surface area contributed by atoms with Gasteiger partial charge in [0, 0.05) is 6.54 Å². The van der Waals surface area contributed by atoms with Gasteiger partial charge in [-0.3, -0.25) is 0 Å². The molecule has 0 bridgehead atoms. The molecule has 0 spiro atoms. The summed E-state index contributed by atoms with van der Waals surface area (Å²) in [5.74, 6) is 0.786. The topological polar surface area (TPSA) is 21.3 Å². The van der Waals surface area contributed by atoms with Crippen LogP contribution in [0.4, 0.5) is 8.78 Å². The molecule has 1 aliphatic rings. The second-order valence-electron chi connectivity index (χ2n) is 4.17. The fourth-order valence-electron chi connectivity index (χ4n) is 2.01. The second-order valence-corrected chi connectivity index (χ2v) is 4.17. The van der Waals surface area contributed by atoms with Gasteiger partial charge in [0.1, 0.15) is 6.61 Å². The highest BCUT2D eigenvalue weighted by molar-refractivity contribution is 4.67. The van der Waals surface area contributed by atoms with Crippen molar-refractivity contribution in [3.8, 4) is 0 Å². The molecule has 0 unspecified atom stereocenters. The van der Waals surface area contributed by atoms with Crippen molar-refractivity contribution in [2.75, 3.05) is 26.3 Å². The van der Waals surface area contributed by atoms with Gasteiger partial charge in [0.05, 0.1) is 6.61 Å². The van der Waals surface area contributed by atoms with Gasteiger partial charge >= 0.3 is 0 Å². The molecule has 4 heteroatoms. The Balaban J connectivity index is 1.83. The number of ether oxygens (including phenoxy) is 1. The minimum absolute atomic E-state index is 0.386. The Morgan fingerprint density at radius 1 is 1.20 bits per heavy atom. The Morgan fingerprint density at radius 3 is 2.60 bits per heavy atom. The van der Waals surface area contributed by atoms with E-state index in [1.807, 2.05) is 0 Å². The van der Waals surface area contributed by atoms with Crippen molar-refractivity contribution >= 4 is 0 Å². The van der Waals surface area contributed by atoms with Crippen LogP contribution in [0.15, 0.2) is 0 Å². The lowest BCUT2D eigenvalue weighted by molar-refractivity contribution is 0.0185. The van der Waals surface area contributed by atoms with Gasteiger partial charge in [-0.05, 0) is 25.3 Å². The third-order valence-corrected chi connectivity index (χ3v) is 2.82. The summed E-state index contributed by atoms with van der Waals surface area (Å²) < 4.78 is 28.2. The number of alkyl halides is 2. The van der Waals surface area contributed by atoms with Crippen molar-refractivity contribution < 1.29 is 13.5 Å². The number of hydrogen-bond donors (Lipinski definition) is 1. The van der Waals surface area contributed by atoms with Crippen molar-refractivity contribution in [2.45, 2.75) is 38.5 Å². The van der Waals surface area contributed by atoms with Gasteiger partial charge in [-0.1, -0.05) is 19.3 Å². The SMILES string of the molecule is FC(F)COCCNCC1CCCCC1.